The van der Waals surface area contributed by atoms with Gasteiger partial charge in [0.2, 0.25) is 0 Å². The van der Waals surface area contributed by atoms with Crippen LogP contribution < -0.4 is 9.47 Å². The van der Waals surface area contributed by atoms with Crippen molar-refractivity contribution in [1.29, 1.82) is 0 Å². The minimum Gasteiger partial charge on any atom is -0.497 e. The van der Waals surface area contributed by atoms with Crippen LogP contribution in [0.3, 0.4) is 0 Å². The van der Waals surface area contributed by atoms with Gasteiger partial charge in [0, 0.05) is 6.42 Å². The number of rotatable bonds is 4. The molecule has 2 aromatic rings. The van der Waals surface area contributed by atoms with Gasteiger partial charge >= 0.3 is 0 Å². The van der Waals surface area contributed by atoms with Crippen molar-refractivity contribution in [2.45, 2.75) is 6.42 Å². The summed E-state index contributed by atoms with van der Waals surface area (Å²) in [5.41, 5.74) is 2.44. The van der Waals surface area contributed by atoms with Crippen molar-refractivity contribution in [1.82, 2.24) is 0 Å². The average molecular weight is 228 g/mol. The molecule has 0 aliphatic carbocycles. The van der Waals surface area contributed by atoms with Crippen molar-refractivity contribution in [2.75, 3.05) is 14.2 Å². The summed E-state index contributed by atoms with van der Waals surface area (Å²) >= 11 is 0. The predicted octanol–water partition coefficient (Wildman–Crippen LogP) is 3.29. The van der Waals surface area contributed by atoms with Crippen molar-refractivity contribution in [3.05, 3.63) is 59.7 Å². The molecule has 2 nitrogen and oxygen atoms in total. The van der Waals surface area contributed by atoms with Gasteiger partial charge in [-0.05, 0) is 29.3 Å². The summed E-state index contributed by atoms with van der Waals surface area (Å²) in [6, 6.07) is 16.2. The molecule has 2 heteroatoms. The maximum absolute atomic E-state index is 5.34. The quantitative estimate of drug-likeness (QED) is 0.799. The topological polar surface area (TPSA) is 18.5 Å². The molecular formula is C15H16O2. The molecule has 0 saturated carbocycles. The molecule has 0 aliphatic rings. The first-order valence-corrected chi connectivity index (χ1v) is 5.58. The molecule has 2 aromatic carbocycles. The van der Waals surface area contributed by atoms with E-state index in [1.165, 1.54) is 11.1 Å². The van der Waals surface area contributed by atoms with Crippen molar-refractivity contribution < 1.29 is 9.47 Å². The van der Waals surface area contributed by atoms with E-state index in [2.05, 4.69) is 18.2 Å². The van der Waals surface area contributed by atoms with Crippen LogP contribution in [-0.2, 0) is 6.42 Å². The van der Waals surface area contributed by atoms with E-state index in [1.807, 2.05) is 30.3 Å². The molecule has 88 valence electrons. The van der Waals surface area contributed by atoms with E-state index < -0.39 is 0 Å². The maximum atomic E-state index is 5.34. The Morgan fingerprint density at radius 3 is 2.18 bits per heavy atom. The van der Waals surface area contributed by atoms with Crippen molar-refractivity contribution in [3.8, 4) is 11.5 Å². The molecule has 0 heterocycles. The second-order valence-corrected chi connectivity index (χ2v) is 3.84. The lowest BCUT2D eigenvalue weighted by Crippen LogP contribution is -1.93. The molecule has 17 heavy (non-hydrogen) atoms. The molecule has 0 saturated heterocycles. The first-order valence-electron chi connectivity index (χ1n) is 5.58. The zero-order valence-corrected chi connectivity index (χ0v) is 10.1. The Bertz CT molecular complexity index is 475. The Morgan fingerprint density at radius 2 is 1.53 bits per heavy atom. The SMILES string of the molecule is COc1ccc(Cc2ccccc2OC)cc1. The van der Waals surface area contributed by atoms with Gasteiger partial charge in [-0.1, -0.05) is 30.3 Å². The van der Waals surface area contributed by atoms with Gasteiger partial charge in [0.1, 0.15) is 11.5 Å². The molecule has 0 radical (unpaired) electrons. The van der Waals surface area contributed by atoms with Gasteiger partial charge in [-0.3, -0.25) is 0 Å². The van der Waals surface area contributed by atoms with Crippen LogP contribution in [0.15, 0.2) is 48.5 Å². The molecule has 0 aliphatic heterocycles. The van der Waals surface area contributed by atoms with E-state index in [0.29, 0.717) is 0 Å². The molecular weight excluding hydrogens is 212 g/mol. The number of hydrogen-bond acceptors (Lipinski definition) is 2. The van der Waals surface area contributed by atoms with E-state index in [9.17, 15) is 0 Å². The van der Waals surface area contributed by atoms with Crippen LogP contribution in [0.1, 0.15) is 11.1 Å². The first-order chi connectivity index (χ1) is 8.33. The lowest BCUT2D eigenvalue weighted by Gasteiger charge is -2.08. The Hall–Kier alpha value is -1.96. The Balaban J connectivity index is 2.19. The van der Waals surface area contributed by atoms with Crippen LogP contribution in [0, 0.1) is 0 Å². The first kappa shape index (κ1) is 11.5. The number of hydrogen-bond donors (Lipinski definition) is 0. The third-order valence-corrected chi connectivity index (χ3v) is 2.75. The van der Waals surface area contributed by atoms with Gasteiger partial charge in [-0.15, -0.1) is 0 Å². The molecule has 0 N–H and O–H groups in total. The summed E-state index contributed by atoms with van der Waals surface area (Å²) in [5.74, 6) is 1.82. The smallest absolute Gasteiger partial charge is 0.122 e. The standard InChI is InChI=1S/C15H16O2/c1-16-14-9-7-12(8-10-14)11-13-5-3-4-6-15(13)17-2/h3-10H,11H2,1-2H3. The van der Waals surface area contributed by atoms with Crippen LogP contribution in [0.4, 0.5) is 0 Å². The van der Waals surface area contributed by atoms with Gasteiger partial charge in [-0.25, -0.2) is 0 Å². The molecule has 2 rings (SSSR count). The summed E-state index contributed by atoms with van der Waals surface area (Å²) in [4.78, 5) is 0. The van der Waals surface area contributed by atoms with Gasteiger partial charge in [0.15, 0.2) is 0 Å². The van der Waals surface area contributed by atoms with Gasteiger partial charge < -0.3 is 9.47 Å². The highest BCUT2D eigenvalue weighted by Gasteiger charge is 2.02. The van der Waals surface area contributed by atoms with Crippen molar-refractivity contribution in [3.63, 3.8) is 0 Å². The molecule has 0 atom stereocenters. The second kappa shape index (κ2) is 5.39. The summed E-state index contributed by atoms with van der Waals surface area (Å²) in [7, 11) is 3.38. The van der Waals surface area contributed by atoms with E-state index in [-0.39, 0.29) is 0 Å². The van der Waals surface area contributed by atoms with E-state index in [4.69, 9.17) is 9.47 Å². The summed E-state index contributed by atoms with van der Waals surface area (Å²) in [5, 5.41) is 0. The average Bonchev–Trinajstić information content (AvgIpc) is 2.40. The highest BCUT2D eigenvalue weighted by Crippen LogP contribution is 2.22. The highest BCUT2D eigenvalue weighted by atomic mass is 16.5. The molecule has 0 bridgehead atoms. The van der Waals surface area contributed by atoms with Crippen LogP contribution in [0.2, 0.25) is 0 Å². The van der Waals surface area contributed by atoms with E-state index in [1.54, 1.807) is 14.2 Å². The minimum atomic E-state index is 0.869. The number of para-hydroxylation sites is 1. The molecule has 0 unspecified atom stereocenters. The highest BCUT2D eigenvalue weighted by molar-refractivity contribution is 5.38. The van der Waals surface area contributed by atoms with E-state index >= 15 is 0 Å². The number of benzene rings is 2. The zero-order chi connectivity index (χ0) is 12.1. The largest absolute Gasteiger partial charge is 0.497 e. The van der Waals surface area contributed by atoms with Crippen LogP contribution in [0.25, 0.3) is 0 Å². The lowest BCUT2D eigenvalue weighted by atomic mass is 10.0. The predicted molar refractivity (Wildman–Crippen MR) is 68.8 cm³/mol. The summed E-state index contributed by atoms with van der Waals surface area (Å²) in [6.45, 7) is 0. The van der Waals surface area contributed by atoms with E-state index in [0.717, 1.165) is 17.9 Å². The number of ether oxygens (including phenoxy) is 2. The fourth-order valence-corrected chi connectivity index (χ4v) is 1.81. The monoisotopic (exact) mass is 228 g/mol. The Kier molecular flexibility index (Phi) is 3.66. The third kappa shape index (κ3) is 2.78. The zero-order valence-electron chi connectivity index (χ0n) is 10.1. The van der Waals surface area contributed by atoms with Gasteiger partial charge in [-0.2, -0.15) is 0 Å². The molecule has 0 fully saturated rings. The fraction of sp³-hybridized carbons (Fsp3) is 0.200. The lowest BCUT2D eigenvalue weighted by molar-refractivity contribution is 0.410. The maximum Gasteiger partial charge on any atom is 0.122 e. The van der Waals surface area contributed by atoms with Crippen molar-refractivity contribution in [2.24, 2.45) is 0 Å². The molecule has 0 amide bonds. The third-order valence-electron chi connectivity index (χ3n) is 2.75. The summed E-state index contributed by atoms with van der Waals surface area (Å²) in [6.07, 6.45) is 0.869. The van der Waals surface area contributed by atoms with Crippen LogP contribution >= 0.6 is 0 Å². The normalized spacial score (nSPS) is 10.0. The van der Waals surface area contributed by atoms with Crippen LogP contribution in [-0.4, -0.2) is 14.2 Å². The fourth-order valence-electron chi connectivity index (χ4n) is 1.81. The van der Waals surface area contributed by atoms with Crippen molar-refractivity contribution >= 4 is 0 Å². The van der Waals surface area contributed by atoms with Crippen LogP contribution in [0.5, 0.6) is 11.5 Å². The Labute approximate surface area is 102 Å². The Morgan fingerprint density at radius 1 is 0.824 bits per heavy atom. The molecule has 0 aromatic heterocycles. The van der Waals surface area contributed by atoms with Gasteiger partial charge in [0.05, 0.1) is 14.2 Å². The second-order valence-electron chi connectivity index (χ2n) is 3.84. The molecule has 0 spiro atoms. The van der Waals surface area contributed by atoms with Gasteiger partial charge in [0.25, 0.3) is 0 Å². The minimum absolute atomic E-state index is 0.869. The summed E-state index contributed by atoms with van der Waals surface area (Å²) < 4.78 is 10.5. The number of methoxy groups -OCH3 is 2.